The smallest absolute Gasteiger partial charge is 0.333 e. The number of nitrogens with one attached hydrogen (secondary N) is 1. The highest BCUT2D eigenvalue weighted by molar-refractivity contribution is 7.15. The lowest BCUT2D eigenvalue weighted by atomic mass is 9.85. The van der Waals surface area contributed by atoms with E-state index < -0.39 is 11.7 Å². The van der Waals surface area contributed by atoms with Crippen LogP contribution >= 0.6 is 11.3 Å². The van der Waals surface area contributed by atoms with Gasteiger partial charge in [0.1, 0.15) is 0 Å². The van der Waals surface area contributed by atoms with Crippen LogP contribution in [-0.4, -0.2) is 28.2 Å². The zero-order chi connectivity index (χ0) is 19.9. The fourth-order valence-corrected chi connectivity index (χ4v) is 4.31. The Bertz CT molecular complexity index is 904. The van der Waals surface area contributed by atoms with Crippen LogP contribution in [-0.2, 0) is 23.9 Å². The molecule has 2 heterocycles. The third-order valence-corrected chi connectivity index (χ3v) is 6.18. The Morgan fingerprint density at radius 2 is 1.89 bits per heavy atom. The first-order valence-electron chi connectivity index (χ1n) is 9.07. The monoisotopic (exact) mass is 409 g/mol. The summed E-state index contributed by atoms with van der Waals surface area (Å²) in [6.45, 7) is 0.777. The van der Waals surface area contributed by atoms with E-state index in [2.05, 4.69) is 10.3 Å². The summed E-state index contributed by atoms with van der Waals surface area (Å²) in [6.07, 6.45) is -0.978. The lowest BCUT2D eigenvalue weighted by Crippen LogP contribution is -2.35. The van der Waals surface area contributed by atoms with Gasteiger partial charge in [0.25, 0.3) is 5.91 Å². The SMILES string of the molecule is O=C(Nc1nc2c(s1)CN(C(=O)c1ccc(C(F)(F)F)cc1)CC2)C1CCC1. The van der Waals surface area contributed by atoms with Crippen LogP contribution < -0.4 is 5.32 Å². The largest absolute Gasteiger partial charge is 0.416 e. The molecule has 0 bridgehead atoms. The van der Waals surface area contributed by atoms with Crippen molar-refractivity contribution in [1.82, 2.24) is 9.88 Å². The highest BCUT2D eigenvalue weighted by Gasteiger charge is 2.31. The van der Waals surface area contributed by atoms with E-state index in [1.54, 1.807) is 4.90 Å². The first kappa shape index (κ1) is 18.9. The van der Waals surface area contributed by atoms with Crippen LogP contribution in [0.3, 0.4) is 0 Å². The number of aromatic nitrogens is 1. The van der Waals surface area contributed by atoms with Gasteiger partial charge in [-0.25, -0.2) is 4.98 Å². The number of alkyl halides is 3. The summed E-state index contributed by atoms with van der Waals surface area (Å²) < 4.78 is 38.0. The molecule has 2 amide bonds. The molecular weight excluding hydrogens is 391 g/mol. The lowest BCUT2D eigenvalue weighted by Gasteiger charge is -2.26. The van der Waals surface area contributed by atoms with Crippen molar-refractivity contribution in [3.05, 3.63) is 46.0 Å². The Morgan fingerprint density at radius 1 is 1.18 bits per heavy atom. The summed E-state index contributed by atoms with van der Waals surface area (Å²) in [5, 5.41) is 3.40. The zero-order valence-electron chi connectivity index (χ0n) is 14.9. The number of thiazole rings is 1. The number of fused-ring (bicyclic) bond motifs is 1. The minimum atomic E-state index is -4.43. The fraction of sp³-hybridized carbons (Fsp3) is 0.421. The molecule has 1 N–H and O–H groups in total. The second-order valence-corrected chi connectivity index (χ2v) is 8.14. The van der Waals surface area contributed by atoms with Crippen LogP contribution in [0.2, 0.25) is 0 Å². The molecule has 1 aliphatic heterocycles. The zero-order valence-corrected chi connectivity index (χ0v) is 15.7. The number of anilines is 1. The number of halogens is 3. The van der Waals surface area contributed by atoms with Crippen molar-refractivity contribution in [2.24, 2.45) is 5.92 Å². The topological polar surface area (TPSA) is 62.3 Å². The average Bonchev–Trinajstić information content (AvgIpc) is 3.00. The Morgan fingerprint density at radius 3 is 2.50 bits per heavy atom. The van der Waals surface area contributed by atoms with Crippen LogP contribution in [0.4, 0.5) is 18.3 Å². The molecule has 0 radical (unpaired) electrons. The van der Waals surface area contributed by atoms with E-state index in [1.165, 1.54) is 23.5 Å². The molecule has 2 aliphatic rings. The minimum absolute atomic E-state index is 0.00460. The van der Waals surface area contributed by atoms with E-state index in [0.717, 1.165) is 42.0 Å². The van der Waals surface area contributed by atoms with E-state index in [1.807, 2.05) is 0 Å². The summed E-state index contributed by atoms with van der Waals surface area (Å²) in [6, 6.07) is 4.25. The summed E-state index contributed by atoms with van der Waals surface area (Å²) in [7, 11) is 0. The molecule has 0 unspecified atom stereocenters. The van der Waals surface area contributed by atoms with Gasteiger partial charge in [0.2, 0.25) is 5.91 Å². The second-order valence-electron chi connectivity index (χ2n) is 7.06. The molecule has 0 atom stereocenters. The Balaban J connectivity index is 1.43. The van der Waals surface area contributed by atoms with E-state index in [9.17, 15) is 22.8 Å². The second kappa shape index (κ2) is 7.20. The Labute approximate surface area is 163 Å². The third kappa shape index (κ3) is 3.76. The molecular formula is C19H18F3N3O2S. The first-order valence-corrected chi connectivity index (χ1v) is 9.89. The van der Waals surface area contributed by atoms with E-state index in [0.29, 0.717) is 24.6 Å². The van der Waals surface area contributed by atoms with Gasteiger partial charge in [-0.1, -0.05) is 17.8 Å². The molecule has 0 spiro atoms. The van der Waals surface area contributed by atoms with Crippen LogP contribution in [0.1, 0.15) is 45.8 Å². The van der Waals surface area contributed by atoms with Gasteiger partial charge in [0, 0.05) is 29.3 Å². The molecule has 1 fully saturated rings. The molecule has 28 heavy (non-hydrogen) atoms. The number of hydrogen-bond donors (Lipinski definition) is 1. The molecule has 1 aromatic heterocycles. The van der Waals surface area contributed by atoms with E-state index in [4.69, 9.17) is 0 Å². The van der Waals surface area contributed by atoms with Gasteiger partial charge in [-0.2, -0.15) is 13.2 Å². The van der Waals surface area contributed by atoms with Crippen molar-refractivity contribution in [2.45, 2.75) is 38.4 Å². The first-order chi connectivity index (χ1) is 13.3. The molecule has 1 aromatic carbocycles. The maximum atomic E-state index is 12.7. The maximum absolute atomic E-state index is 12.7. The van der Waals surface area contributed by atoms with Gasteiger partial charge in [-0.05, 0) is 37.1 Å². The molecule has 1 aliphatic carbocycles. The van der Waals surface area contributed by atoms with Crippen molar-refractivity contribution < 1.29 is 22.8 Å². The maximum Gasteiger partial charge on any atom is 0.416 e. The number of amides is 2. The van der Waals surface area contributed by atoms with Crippen LogP contribution in [0.5, 0.6) is 0 Å². The third-order valence-electron chi connectivity index (χ3n) is 5.18. The summed E-state index contributed by atoms with van der Waals surface area (Å²) in [5.41, 5.74) is 0.309. The predicted octanol–water partition coefficient (Wildman–Crippen LogP) is 4.10. The van der Waals surface area contributed by atoms with Gasteiger partial charge >= 0.3 is 6.18 Å². The van der Waals surface area contributed by atoms with E-state index >= 15 is 0 Å². The van der Waals surface area contributed by atoms with Gasteiger partial charge in [-0.15, -0.1) is 0 Å². The highest BCUT2D eigenvalue weighted by atomic mass is 32.1. The van der Waals surface area contributed by atoms with Crippen molar-refractivity contribution in [3.8, 4) is 0 Å². The van der Waals surface area contributed by atoms with Gasteiger partial charge in [0.05, 0.1) is 17.8 Å². The number of hydrogen-bond acceptors (Lipinski definition) is 4. The molecule has 148 valence electrons. The Kier molecular flexibility index (Phi) is 4.86. The van der Waals surface area contributed by atoms with Gasteiger partial charge in [-0.3, -0.25) is 9.59 Å². The molecule has 9 heteroatoms. The molecule has 5 nitrogen and oxygen atoms in total. The Hall–Kier alpha value is -2.42. The number of carbonyl (C=O) groups is 2. The minimum Gasteiger partial charge on any atom is -0.333 e. The average molecular weight is 409 g/mol. The van der Waals surface area contributed by atoms with Crippen molar-refractivity contribution in [3.63, 3.8) is 0 Å². The lowest BCUT2D eigenvalue weighted by molar-refractivity contribution is -0.137. The van der Waals surface area contributed by atoms with Gasteiger partial charge in [0.15, 0.2) is 5.13 Å². The summed E-state index contributed by atoms with van der Waals surface area (Å²) in [4.78, 5) is 31.7. The molecule has 0 saturated heterocycles. The van der Waals surface area contributed by atoms with Gasteiger partial charge < -0.3 is 10.2 Å². The van der Waals surface area contributed by atoms with Crippen LogP contribution in [0.25, 0.3) is 0 Å². The standard InChI is InChI=1S/C19H18F3N3O2S/c20-19(21,22)13-6-4-12(5-7-13)17(27)25-9-8-14-15(10-25)28-18(23-14)24-16(26)11-2-1-3-11/h4-7,11H,1-3,8-10H2,(H,23,24,26). The van der Waals surface area contributed by atoms with E-state index in [-0.39, 0.29) is 23.3 Å². The summed E-state index contributed by atoms with van der Waals surface area (Å²) in [5.74, 6) is -0.249. The predicted molar refractivity (Wildman–Crippen MR) is 98.0 cm³/mol. The van der Waals surface area contributed by atoms with Crippen molar-refractivity contribution in [2.75, 3.05) is 11.9 Å². The van der Waals surface area contributed by atoms with Crippen molar-refractivity contribution in [1.29, 1.82) is 0 Å². The molecule has 2 aromatic rings. The highest BCUT2D eigenvalue weighted by Crippen LogP contribution is 2.32. The number of carbonyl (C=O) groups excluding carboxylic acids is 2. The van der Waals surface area contributed by atoms with Crippen LogP contribution in [0.15, 0.2) is 24.3 Å². The summed E-state index contributed by atoms with van der Waals surface area (Å²) >= 11 is 1.35. The molecule has 4 rings (SSSR count). The number of nitrogens with zero attached hydrogens (tertiary/aromatic N) is 2. The van der Waals surface area contributed by atoms with Crippen molar-refractivity contribution >= 4 is 28.3 Å². The molecule has 1 saturated carbocycles. The number of rotatable bonds is 3. The quantitative estimate of drug-likeness (QED) is 0.830. The van der Waals surface area contributed by atoms with Crippen LogP contribution in [0, 0.1) is 5.92 Å². The normalized spacial score (nSPS) is 17.0. The fourth-order valence-electron chi connectivity index (χ4n) is 3.28. The number of benzene rings is 1.